The van der Waals surface area contributed by atoms with Crippen LogP contribution in [0.3, 0.4) is 0 Å². The Morgan fingerprint density at radius 3 is 2.12 bits per heavy atom. The highest BCUT2D eigenvalue weighted by Crippen LogP contribution is 2.33. The topological polar surface area (TPSA) is 25.8 Å². The SMILES string of the molecule is CCC(C)(CC(C)C)c1cnc(C(F)F)nc1. The average molecular weight is 242 g/mol. The van der Waals surface area contributed by atoms with E-state index in [1.54, 1.807) is 12.4 Å². The quantitative estimate of drug-likeness (QED) is 0.776. The maximum atomic E-state index is 12.4. The summed E-state index contributed by atoms with van der Waals surface area (Å²) < 4.78 is 24.7. The zero-order valence-corrected chi connectivity index (χ0v) is 10.9. The lowest BCUT2D eigenvalue weighted by atomic mass is 9.75. The second kappa shape index (κ2) is 5.52. The molecule has 1 rings (SSSR count). The number of hydrogen-bond donors (Lipinski definition) is 0. The van der Waals surface area contributed by atoms with Crippen LogP contribution in [0.2, 0.25) is 0 Å². The summed E-state index contributed by atoms with van der Waals surface area (Å²) in [6, 6.07) is 0. The van der Waals surface area contributed by atoms with Gasteiger partial charge in [0.1, 0.15) is 0 Å². The largest absolute Gasteiger partial charge is 0.297 e. The van der Waals surface area contributed by atoms with E-state index < -0.39 is 12.2 Å². The Labute approximate surface area is 101 Å². The van der Waals surface area contributed by atoms with Gasteiger partial charge < -0.3 is 0 Å². The fourth-order valence-electron chi connectivity index (χ4n) is 2.13. The van der Waals surface area contributed by atoms with Gasteiger partial charge in [0.15, 0.2) is 5.82 Å². The molecule has 0 aliphatic carbocycles. The molecule has 1 atom stereocenters. The Morgan fingerprint density at radius 2 is 1.76 bits per heavy atom. The highest BCUT2D eigenvalue weighted by atomic mass is 19.3. The first kappa shape index (κ1) is 14.0. The standard InChI is InChI=1S/C13H20F2N2/c1-5-13(4,6-9(2)3)10-7-16-12(11(14)15)17-8-10/h7-9,11H,5-6H2,1-4H3. The van der Waals surface area contributed by atoms with Gasteiger partial charge in [0.25, 0.3) is 6.43 Å². The summed E-state index contributed by atoms with van der Waals surface area (Å²) in [5.74, 6) is 0.159. The lowest BCUT2D eigenvalue weighted by molar-refractivity contribution is 0.140. The molecule has 1 heterocycles. The van der Waals surface area contributed by atoms with E-state index in [1.165, 1.54) is 0 Å². The van der Waals surface area contributed by atoms with E-state index in [1.807, 2.05) is 0 Å². The summed E-state index contributed by atoms with van der Waals surface area (Å²) in [5.41, 5.74) is 0.910. The molecule has 1 aromatic rings. The van der Waals surface area contributed by atoms with E-state index in [2.05, 4.69) is 37.7 Å². The average Bonchev–Trinajstić information content (AvgIpc) is 2.28. The molecule has 1 aromatic heterocycles. The monoisotopic (exact) mass is 242 g/mol. The lowest BCUT2D eigenvalue weighted by Crippen LogP contribution is -2.24. The van der Waals surface area contributed by atoms with Crippen LogP contribution < -0.4 is 0 Å². The molecule has 2 nitrogen and oxygen atoms in total. The normalized spacial score (nSPS) is 15.3. The van der Waals surface area contributed by atoms with Gasteiger partial charge in [-0.05, 0) is 29.7 Å². The van der Waals surface area contributed by atoms with Crippen molar-refractivity contribution >= 4 is 0 Å². The number of aromatic nitrogens is 2. The van der Waals surface area contributed by atoms with Crippen molar-refractivity contribution in [1.29, 1.82) is 0 Å². The van der Waals surface area contributed by atoms with Crippen molar-refractivity contribution < 1.29 is 8.78 Å². The molecule has 0 saturated carbocycles. The molecule has 0 saturated heterocycles. The van der Waals surface area contributed by atoms with Gasteiger partial charge in [0.2, 0.25) is 0 Å². The molecule has 0 aliphatic heterocycles. The van der Waals surface area contributed by atoms with Crippen LogP contribution in [0.1, 0.15) is 58.3 Å². The number of hydrogen-bond acceptors (Lipinski definition) is 2. The van der Waals surface area contributed by atoms with Gasteiger partial charge in [-0.25, -0.2) is 18.7 Å². The summed E-state index contributed by atoms with van der Waals surface area (Å²) in [5, 5.41) is 0. The number of halogens is 2. The molecule has 0 aliphatic rings. The zero-order chi connectivity index (χ0) is 13.1. The first-order valence-electron chi connectivity index (χ1n) is 5.99. The van der Waals surface area contributed by atoms with Crippen LogP contribution in [0.25, 0.3) is 0 Å². The number of alkyl halides is 2. The highest BCUT2D eigenvalue weighted by Gasteiger charge is 2.26. The van der Waals surface area contributed by atoms with E-state index in [9.17, 15) is 8.78 Å². The van der Waals surface area contributed by atoms with E-state index in [4.69, 9.17) is 0 Å². The molecule has 0 bridgehead atoms. The molecular weight excluding hydrogens is 222 g/mol. The van der Waals surface area contributed by atoms with Crippen LogP contribution in [-0.4, -0.2) is 9.97 Å². The van der Waals surface area contributed by atoms with Crippen molar-refractivity contribution in [2.75, 3.05) is 0 Å². The molecule has 0 amide bonds. The Kier molecular flexibility index (Phi) is 4.54. The molecule has 0 N–H and O–H groups in total. The number of rotatable bonds is 5. The molecule has 0 spiro atoms. The van der Waals surface area contributed by atoms with Gasteiger partial charge in [0.05, 0.1) is 0 Å². The smallest absolute Gasteiger partial charge is 0.236 e. The van der Waals surface area contributed by atoms with Gasteiger partial charge in [-0.2, -0.15) is 0 Å². The first-order chi connectivity index (χ1) is 7.89. The highest BCUT2D eigenvalue weighted by molar-refractivity contribution is 5.18. The molecule has 96 valence electrons. The molecule has 17 heavy (non-hydrogen) atoms. The van der Waals surface area contributed by atoms with Crippen LogP contribution in [0.15, 0.2) is 12.4 Å². The predicted molar refractivity (Wildman–Crippen MR) is 64.1 cm³/mol. The Balaban J connectivity index is 2.96. The second-order valence-electron chi connectivity index (χ2n) is 5.14. The van der Waals surface area contributed by atoms with Crippen molar-refractivity contribution in [3.63, 3.8) is 0 Å². The van der Waals surface area contributed by atoms with Crippen LogP contribution in [0.4, 0.5) is 8.78 Å². The Morgan fingerprint density at radius 1 is 1.24 bits per heavy atom. The van der Waals surface area contributed by atoms with Crippen LogP contribution in [0, 0.1) is 5.92 Å². The van der Waals surface area contributed by atoms with Crippen LogP contribution >= 0.6 is 0 Å². The Bertz CT molecular complexity index is 349. The van der Waals surface area contributed by atoms with Crippen LogP contribution in [0.5, 0.6) is 0 Å². The lowest BCUT2D eigenvalue weighted by Gasteiger charge is -2.30. The fourth-order valence-corrected chi connectivity index (χ4v) is 2.13. The minimum Gasteiger partial charge on any atom is -0.236 e. The van der Waals surface area contributed by atoms with Gasteiger partial charge >= 0.3 is 0 Å². The Hall–Kier alpha value is -1.06. The van der Waals surface area contributed by atoms with Crippen molar-refractivity contribution in [2.45, 2.75) is 52.4 Å². The van der Waals surface area contributed by atoms with Gasteiger partial charge in [-0.15, -0.1) is 0 Å². The summed E-state index contributed by atoms with van der Waals surface area (Å²) in [6.07, 6.45) is 2.44. The van der Waals surface area contributed by atoms with Crippen molar-refractivity contribution in [3.8, 4) is 0 Å². The third-order valence-corrected chi connectivity index (χ3v) is 3.20. The van der Waals surface area contributed by atoms with Gasteiger partial charge in [-0.1, -0.05) is 27.7 Å². The summed E-state index contributed by atoms with van der Waals surface area (Å²) in [7, 11) is 0. The minimum absolute atomic E-state index is 0.0329. The first-order valence-corrected chi connectivity index (χ1v) is 5.99. The van der Waals surface area contributed by atoms with E-state index in [0.29, 0.717) is 5.92 Å². The maximum Gasteiger partial charge on any atom is 0.297 e. The second-order valence-corrected chi connectivity index (χ2v) is 5.14. The maximum absolute atomic E-state index is 12.4. The summed E-state index contributed by atoms with van der Waals surface area (Å²) in [6.45, 7) is 8.54. The van der Waals surface area contributed by atoms with E-state index in [-0.39, 0.29) is 5.41 Å². The van der Waals surface area contributed by atoms with Gasteiger partial charge in [-0.3, -0.25) is 0 Å². The molecule has 1 unspecified atom stereocenters. The minimum atomic E-state index is -2.60. The van der Waals surface area contributed by atoms with E-state index >= 15 is 0 Å². The molecule has 0 radical (unpaired) electrons. The third kappa shape index (κ3) is 3.45. The van der Waals surface area contributed by atoms with Crippen molar-refractivity contribution in [3.05, 3.63) is 23.8 Å². The molecule has 4 heteroatoms. The van der Waals surface area contributed by atoms with Gasteiger partial charge in [0, 0.05) is 12.4 Å². The predicted octanol–water partition coefficient (Wildman–Crippen LogP) is 4.13. The summed E-state index contributed by atoms with van der Waals surface area (Å²) >= 11 is 0. The van der Waals surface area contributed by atoms with Crippen LogP contribution in [-0.2, 0) is 5.41 Å². The van der Waals surface area contributed by atoms with Crippen molar-refractivity contribution in [1.82, 2.24) is 9.97 Å². The fraction of sp³-hybridized carbons (Fsp3) is 0.692. The molecule has 0 aromatic carbocycles. The molecular formula is C13H20F2N2. The zero-order valence-electron chi connectivity index (χ0n) is 10.9. The molecule has 0 fully saturated rings. The van der Waals surface area contributed by atoms with Crippen molar-refractivity contribution in [2.24, 2.45) is 5.92 Å². The third-order valence-electron chi connectivity index (χ3n) is 3.20. The van der Waals surface area contributed by atoms with E-state index in [0.717, 1.165) is 18.4 Å². The number of nitrogens with zero attached hydrogens (tertiary/aromatic N) is 2. The summed E-state index contributed by atoms with van der Waals surface area (Å²) in [4.78, 5) is 7.48.